The van der Waals surface area contributed by atoms with Crippen molar-refractivity contribution in [2.24, 2.45) is 5.92 Å². The van der Waals surface area contributed by atoms with Crippen LogP contribution in [0.1, 0.15) is 31.2 Å². The van der Waals surface area contributed by atoms with Crippen molar-refractivity contribution < 1.29 is 13.9 Å². The van der Waals surface area contributed by atoms with Crippen molar-refractivity contribution in [1.82, 2.24) is 4.90 Å². The molecule has 0 bridgehead atoms. The number of fused-ring (bicyclic) bond motifs is 1. The lowest BCUT2D eigenvalue weighted by molar-refractivity contribution is -0.132. The lowest BCUT2D eigenvalue weighted by atomic mass is 9.90. The number of hydrogen-bond donors (Lipinski definition) is 0. The summed E-state index contributed by atoms with van der Waals surface area (Å²) in [6, 6.07) is 19.1. The number of ether oxygens (including phenoxy) is 1. The minimum Gasteiger partial charge on any atom is -0.493 e. The van der Waals surface area contributed by atoms with E-state index in [2.05, 4.69) is 24.3 Å². The molecule has 2 heterocycles. The van der Waals surface area contributed by atoms with Crippen molar-refractivity contribution in [3.05, 3.63) is 76.6 Å². The Hall–Kier alpha value is -3.08. The van der Waals surface area contributed by atoms with Gasteiger partial charge in [0.1, 0.15) is 11.3 Å². The number of nitrogens with zero attached hydrogens (tertiary/aromatic N) is 1. The van der Waals surface area contributed by atoms with Gasteiger partial charge in [-0.15, -0.1) is 0 Å². The molecule has 0 spiro atoms. The van der Waals surface area contributed by atoms with Crippen LogP contribution in [0.2, 0.25) is 0 Å². The van der Waals surface area contributed by atoms with E-state index in [9.17, 15) is 9.59 Å². The summed E-state index contributed by atoms with van der Waals surface area (Å²) in [6.07, 6.45) is 4.40. The van der Waals surface area contributed by atoms with Crippen LogP contribution in [0.25, 0.3) is 11.0 Å². The third kappa shape index (κ3) is 5.29. The van der Waals surface area contributed by atoms with Gasteiger partial charge in [0.2, 0.25) is 5.91 Å². The highest BCUT2D eigenvalue weighted by Crippen LogP contribution is 2.23. The average molecular weight is 405 g/mol. The zero-order valence-corrected chi connectivity index (χ0v) is 17.1. The Morgan fingerprint density at radius 1 is 1.03 bits per heavy atom. The van der Waals surface area contributed by atoms with Crippen molar-refractivity contribution >= 4 is 16.9 Å². The van der Waals surface area contributed by atoms with Crippen LogP contribution < -0.4 is 10.4 Å². The summed E-state index contributed by atoms with van der Waals surface area (Å²) in [5, 5.41) is 0.854. The van der Waals surface area contributed by atoms with Crippen LogP contribution in [-0.2, 0) is 11.2 Å². The molecule has 5 nitrogen and oxygen atoms in total. The van der Waals surface area contributed by atoms with E-state index in [0.29, 0.717) is 36.7 Å². The van der Waals surface area contributed by atoms with Crippen LogP contribution in [0.15, 0.2) is 69.9 Å². The third-order valence-corrected chi connectivity index (χ3v) is 5.73. The highest BCUT2D eigenvalue weighted by Gasteiger charge is 2.22. The van der Waals surface area contributed by atoms with E-state index in [4.69, 9.17) is 9.15 Å². The Morgan fingerprint density at radius 2 is 1.80 bits per heavy atom. The summed E-state index contributed by atoms with van der Waals surface area (Å²) in [4.78, 5) is 25.8. The molecule has 4 rings (SSSR count). The van der Waals surface area contributed by atoms with Crippen molar-refractivity contribution in [2.75, 3.05) is 19.7 Å². The Labute approximate surface area is 176 Å². The molecule has 3 aromatic rings. The van der Waals surface area contributed by atoms with Gasteiger partial charge in [0.25, 0.3) is 0 Å². The molecule has 30 heavy (non-hydrogen) atoms. The molecule has 1 amide bonds. The predicted octanol–water partition coefficient (Wildman–Crippen LogP) is 4.43. The summed E-state index contributed by atoms with van der Waals surface area (Å²) in [5.74, 6) is 1.51. The van der Waals surface area contributed by atoms with Crippen molar-refractivity contribution in [2.45, 2.75) is 32.1 Å². The van der Waals surface area contributed by atoms with Crippen LogP contribution in [0, 0.1) is 5.92 Å². The molecule has 0 radical (unpaired) electrons. The number of benzene rings is 2. The molecule has 0 N–H and O–H groups in total. The fourth-order valence-electron chi connectivity index (χ4n) is 4.04. The maximum absolute atomic E-state index is 12.5. The lowest BCUT2D eigenvalue weighted by Crippen LogP contribution is -2.38. The first kappa shape index (κ1) is 20.2. The largest absolute Gasteiger partial charge is 0.493 e. The quantitative estimate of drug-likeness (QED) is 0.431. The maximum Gasteiger partial charge on any atom is 0.336 e. The van der Waals surface area contributed by atoms with E-state index in [-0.39, 0.29) is 11.5 Å². The molecule has 1 aliphatic heterocycles. The summed E-state index contributed by atoms with van der Waals surface area (Å²) in [6.45, 7) is 2.15. The van der Waals surface area contributed by atoms with Crippen LogP contribution >= 0.6 is 0 Å². The predicted molar refractivity (Wildman–Crippen MR) is 117 cm³/mol. The monoisotopic (exact) mass is 405 g/mol. The normalized spacial score (nSPS) is 14.7. The summed E-state index contributed by atoms with van der Waals surface area (Å²) >= 11 is 0. The van der Waals surface area contributed by atoms with Crippen molar-refractivity contribution in [1.29, 1.82) is 0 Å². The Bertz CT molecular complexity index is 1040. The molecule has 1 saturated heterocycles. The SMILES string of the molecule is O=C(CCCOc1ccc2ccc(=O)oc2c1)N1CCC(Cc2ccccc2)CC1. The number of carbonyl (C=O) groups excluding carboxylic acids is 1. The zero-order valence-electron chi connectivity index (χ0n) is 17.1. The molecule has 0 atom stereocenters. The standard InChI is InChI=1S/C25H27NO4/c27-24(26-14-12-20(13-15-26)17-19-5-2-1-3-6-19)7-4-16-29-22-10-8-21-9-11-25(28)30-23(21)18-22/h1-3,5-6,8-11,18,20H,4,7,12-17H2. The first-order valence-corrected chi connectivity index (χ1v) is 10.7. The molecule has 1 fully saturated rings. The molecule has 5 heteroatoms. The van der Waals surface area contributed by atoms with Gasteiger partial charge in [0.05, 0.1) is 6.61 Å². The Morgan fingerprint density at radius 3 is 2.60 bits per heavy atom. The van der Waals surface area contributed by atoms with Gasteiger partial charge in [-0.1, -0.05) is 30.3 Å². The topological polar surface area (TPSA) is 59.8 Å². The molecule has 156 valence electrons. The van der Waals surface area contributed by atoms with E-state index in [1.807, 2.05) is 23.1 Å². The second-order valence-corrected chi connectivity index (χ2v) is 7.92. The number of rotatable bonds is 7. The lowest BCUT2D eigenvalue weighted by Gasteiger charge is -2.32. The second-order valence-electron chi connectivity index (χ2n) is 7.92. The van der Waals surface area contributed by atoms with Crippen LogP contribution in [0.3, 0.4) is 0 Å². The molecular formula is C25H27NO4. The van der Waals surface area contributed by atoms with Gasteiger partial charge in [0.15, 0.2) is 0 Å². The van der Waals surface area contributed by atoms with Crippen LogP contribution in [0.5, 0.6) is 5.75 Å². The van der Waals surface area contributed by atoms with Gasteiger partial charge in [-0.2, -0.15) is 0 Å². The molecule has 1 aliphatic rings. The number of piperidine rings is 1. The summed E-state index contributed by atoms with van der Waals surface area (Å²) in [5.41, 5.74) is 1.51. The van der Waals surface area contributed by atoms with Crippen LogP contribution in [-0.4, -0.2) is 30.5 Å². The number of amides is 1. The minimum absolute atomic E-state index is 0.210. The maximum atomic E-state index is 12.5. The van der Waals surface area contributed by atoms with E-state index in [1.165, 1.54) is 11.6 Å². The van der Waals surface area contributed by atoms with Gasteiger partial charge < -0.3 is 14.1 Å². The van der Waals surface area contributed by atoms with E-state index >= 15 is 0 Å². The van der Waals surface area contributed by atoms with Gasteiger partial charge in [0, 0.05) is 37.0 Å². The number of likely N-dealkylation sites (tertiary alicyclic amines) is 1. The van der Waals surface area contributed by atoms with Gasteiger partial charge >= 0.3 is 5.63 Å². The van der Waals surface area contributed by atoms with E-state index in [1.54, 1.807) is 12.1 Å². The van der Waals surface area contributed by atoms with Gasteiger partial charge in [-0.3, -0.25) is 4.79 Å². The zero-order chi connectivity index (χ0) is 20.8. The number of hydrogen-bond acceptors (Lipinski definition) is 4. The first-order chi connectivity index (χ1) is 14.7. The molecule has 2 aromatic carbocycles. The Balaban J connectivity index is 1.18. The Kier molecular flexibility index (Phi) is 6.47. The highest BCUT2D eigenvalue weighted by atomic mass is 16.5. The van der Waals surface area contributed by atoms with Gasteiger partial charge in [-0.25, -0.2) is 4.79 Å². The van der Waals surface area contributed by atoms with Crippen molar-refractivity contribution in [3.63, 3.8) is 0 Å². The molecule has 0 saturated carbocycles. The third-order valence-electron chi connectivity index (χ3n) is 5.73. The average Bonchev–Trinajstić information content (AvgIpc) is 2.77. The highest BCUT2D eigenvalue weighted by molar-refractivity contribution is 5.77. The van der Waals surface area contributed by atoms with Crippen molar-refractivity contribution in [3.8, 4) is 5.75 Å². The molecule has 1 aromatic heterocycles. The molecule has 0 aliphatic carbocycles. The van der Waals surface area contributed by atoms with E-state index < -0.39 is 0 Å². The second kappa shape index (κ2) is 9.61. The fraction of sp³-hybridized carbons (Fsp3) is 0.360. The minimum atomic E-state index is -0.377. The molecular weight excluding hydrogens is 378 g/mol. The summed E-state index contributed by atoms with van der Waals surface area (Å²) < 4.78 is 10.9. The van der Waals surface area contributed by atoms with E-state index in [0.717, 1.165) is 37.7 Å². The molecule has 0 unspecified atom stereocenters. The number of carbonyl (C=O) groups is 1. The summed E-state index contributed by atoms with van der Waals surface area (Å²) in [7, 11) is 0. The van der Waals surface area contributed by atoms with Crippen LogP contribution in [0.4, 0.5) is 0 Å². The van der Waals surface area contributed by atoms with Gasteiger partial charge in [-0.05, 0) is 55.4 Å². The fourth-order valence-corrected chi connectivity index (χ4v) is 4.04. The first-order valence-electron chi connectivity index (χ1n) is 10.7. The smallest absolute Gasteiger partial charge is 0.336 e.